The fourth-order valence-corrected chi connectivity index (χ4v) is 5.17. The number of rotatable bonds is 5. The minimum Gasteiger partial charge on any atom is -0.347 e. The van der Waals surface area contributed by atoms with Crippen LogP contribution in [0.2, 0.25) is 0 Å². The lowest BCUT2D eigenvalue weighted by atomic mass is 9.96. The molecule has 3 nitrogen and oxygen atoms in total. The Labute approximate surface area is 184 Å². The smallest absolute Gasteiger partial charge is 0.164 e. The maximum atomic E-state index is 5.06. The molecule has 4 heteroatoms. The molecule has 0 spiro atoms. The highest BCUT2D eigenvalue weighted by Gasteiger charge is 2.21. The van der Waals surface area contributed by atoms with Gasteiger partial charge in [0.05, 0.1) is 5.69 Å². The summed E-state index contributed by atoms with van der Waals surface area (Å²) < 4.78 is 0. The highest BCUT2D eigenvalue weighted by atomic mass is 32.2. The summed E-state index contributed by atoms with van der Waals surface area (Å²) in [4.78, 5) is 9.80. The van der Waals surface area contributed by atoms with Crippen LogP contribution in [-0.4, -0.2) is 47.9 Å². The second-order valence-corrected chi connectivity index (χ2v) is 9.54. The Morgan fingerprint density at radius 3 is 2.37 bits per heavy atom. The molecule has 0 aliphatic carbocycles. The van der Waals surface area contributed by atoms with Crippen molar-refractivity contribution >= 4 is 33.4 Å². The highest BCUT2D eigenvalue weighted by Crippen LogP contribution is 2.28. The number of aliphatic imine (C=N–C) groups is 1. The maximum Gasteiger partial charge on any atom is 0.164 e. The first kappa shape index (κ1) is 21.0. The van der Waals surface area contributed by atoms with E-state index in [1.54, 1.807) is 0 Å². The topological polar surface area (TPSA) is 18.8 Å². The lowest BCUT2D eigenvalue weighted by molar-refractivity contribution is 0.356. The van der Waals surface area contributed by atoms with E-state index in [4.69, 9.17) is 4.99 Å². The van der Waals surface area contributed by atoms with E-state index < -0.39 is 0 Å². The number of thioether (sulfide) groups is 1. The van der Waals surface area contributed by atoms with Gasteiger partial charge in [0.25, 0.3) is 0 Å². The SMILES string of the molecule is CC(CSC(=Nc1ccccc1)N1CCc2cc3ccccc3cc2C1)CN(C)C. The van der Waals surface area contributed by atoms with Crippen LogP contribution < -0.4 is 0 Å². The molecule has 0 radical (unpaired) electrons. The van der Waals surface area contributed by atoms with E-state index in [0.717, 1.165) is 42.7 Å². The third kappa shape index (κ3) is 5.24. The average Bonchev–Trinajstić information content (AvgIpc) is 2.75. The van der Waals surface area contributed by atoms with Crippen LogP contribution in [0.1, 0.15) is 18.1 Å². The zero-order valence-electron chi connectivity index (χ0n) is 18.2. The van der Waals surface area contributed by atoms with Crippen LogP contribution in [0, 0.1) is 5.92 Å². The minimum absolute atomic E-state index is 0.618. The zero-order chi connectivity index (χ0) is 20.9. The van der Waals surface area contributed by atoms with Crippen LogP contribution >= 0.6 is 11.8 Å². The van der Waals surface area contributed by atoms with Crippen molar-refractivity contribution in [3.8, 4) is 0 Å². The number of amidine groups is 1. The van der Waals surface area contributed by atoms with Gasteiger partial charge < -0.3 is 9.80 Å². The molecule has 0 saturated carbocycles. The van der Waals surface area contributed by atoms with Crippen LogP contribution in [0.4, 0.5) is 5.69 Å². The monoisotopic (exact) mass is 417 g/mol. The summed E-state index contributed by atoms with van der Waals surface area (Å²) >= 11 is 1.90. The van der Waals surface area contributed by atoms with Gasteiger partial charge in [0.2, 0.25) is 0 Å². The van der Waals surface area contributed by atoms with Gasteiger partial charge >= 0.3 is 0 Å². The van der Waals surface area contributed by atoms with Crippen molar-refractivity contribution in [3.63, 3.8) is 0 Å². The molecule has 0 aromatic heterocycles. The van der Waals surface area contributed by atoms with Gasteiger partial charge in [-0.2, -0.15) is 0 Å². The first-order valence-electron chi connectivity index (χ1n) is 10.8. The van der Waals surface area contributed by atoms with Crippen LogP contribution in [0.3, 0.4) is 0 Å². The molecule has 0 fully saturated rings. The van der Waals surface area contributed by atoms with E-state index in [0.29, 0.717) is 5.92 Å². The molecule has 4 rings (SSSR count). The summed E-state index contributed by atoms with van der Waals surface area (Å²) in [5.74, 6) is 1.69. The fraction of sp³-hybridized carbons (Fsp3) is 0.346. The molecule has 156 valence electrons. The van der Waals surface area contributed by atoms with Gasteiger partial charge in [0.1, 0.15) is 0 Å². The van der Waals surface area contributed by atoms with Gasteiger partial charge in [0.15, 0.2) is 5.17 Å². The first-order chi connectivity index (χ1) is 14.6. The van der Waals surface area contributed by atoms with Crippen LogP contribution in [-0.2, 0) is 13.0 Å². The van der Waals surface area contributed by atoms with Crippen molar-refractivity contribution in [2.45, 2.75) is 19.9 Å². The van der Waals surface area contributed by atoms with Crippen molar-refractivity contribution in [2.24, 2.45) is 10.9 Å². The molecule has 1 aliphatic heterocycles. The Balaban J connectivity index is 1.57. The van der Waals surface area contributed by atoms with Gasteiger partial charge in [-0.25, -0.2) is 4.99 Å². The Bertz CT molecular complexity index is 1010. The van der Waals surface area contributed by atoms with Crippen molar-refractivity contribution in [2.75, 3.05) is 32.9 Å². The number of nitrogens with zero attached hydrogens (tertiary/aromatic N) is 3. The van der Waals surface area contributed by atoms with Gasteiger partial charge in [0, 0.05) is 25.4 Å². The third-order valence-electron chi connectivity index (χ3n) is 5.51. The molecule has 30 heavy (non-hydrogen) atoms. The Morgan fingerprint density at radius 2 is 1.67 bits per heavy atom. The second kappa shape index (κ2) is 9.67. The number of benzene rings is 3. The molecule has 1 atom stereocenters. The lowest BCUT2D eigenvalue weighted by Gasteiger charge is -2.32. The van der Waals surface area contributed by atoms with Gasteiger partial charge in [-0.1, -0.05) is 67.2 Å². The number of fused-ring (bicyclic) bond motifs is 2. The lowest BCUT2D eigenvalue weighted by Crippen LogP contribution is -2.35. The zero-order valence-corrected chi connectivity index (χ0v) is 19.0. The third-order valence-corrected chi connectivity index (χ3v) is 6.85. The number of hydrogen-bond acceptors (Lipinski definition) is 3. The average molecular weight is 418 g/mol. The molecule has 1 unspecified atom stereocenters. The van der Waals surface area contributed by atoms with Gasteiger partial charge in [-0.15, -0.1) is 0 Å². The molecule has 3 aromatic rings. The highest BCUT2D eigenvalue weighted by molar-refractivity contribution is 8.13. The predicted octanol–water partition coefficient (Wildman–Crippen LogP) is 5.82. The Hall–Kier alpha value is -2.30. The summed E-state index contributed by atoms with van der Waals surface area (Å²) in [6.07, 6.45) is 1.07. The normalized spacial score (nSPS) is 15.5. The van der Waals surface area contributed by atoms with Crippen LogP contribution in [0.5, 0.6) is 0 Å². The van der Waals surface area contributed by atoms with E-state index in [1.807, 2.05) is 17.8 Å². The van der Waals surface area contributed by atoms with Crippen molar-refractivity contribution in [1.29, 1.82) is 0 Å². The summed E-state index contributed by atoms with van der Waals surface area (Å²) in [7, 11) is 4.29. The molecule has 3 aromatic carbocycles. The Kier molecular flexibility index (Phi) is 6.76. The fourth-order valence-electron chi connectivity index (χ4n) is 4.12. The van der Waals surface area contributed by atoms with E-state index in [-0.39, 0.29) is 0 Å². The van der Waals surface area contributed by atoms with E-state index in [9.17, 15) is 0 Å². The number of para-hydroxylation sites is 1. The molecule has 0 bridgehead atoms. The summed E-state index contributed by atoms with van der Waals surface area (Å²) in [5, 5.41) is 3.81. The second-order valence-electron chi connectivity index (χ2n) is 8.55. The molecule has 0 saturated heterocycles. The first-order valence-corrected chi connectivity index (χ1v) is 11.7. The van der Waals surface area contributed by atoms with Crippen molar-refractivity contribution < 1.29 is 0 Å². The molecule has 1 heterocycles. The molecular weight excluding hydrogens is 386 g/mol. The van der Waals surface area contributed by atoms with Crippen molar-refractivity contribution in [1.82, 2.24) is 9.80 Å². The Morgan fingerprint density at radius 1 is 1.00 bits per heavy atom. The van der Waals surface area contributed by atoms with E-state index in [1.165, 1.54) is 21.9 Å². The number of hydrogen-bond donors (Lipinski definition) is 0. The quantitative estimate of drug-likeness (QED) is 0.385. The summed E-state index contributed by atoms with van der Waals surface area (Å²) in [5.41, 5.74) is 3.95. The largest absolute Gasteiger partial charge is 0.347 e. The molecular formula is C26H31N3S. The van der Waals surface area contributed by atoms with E-state index >= 15 is 0 Å². The summed E-state index contributed by atoms with van der Waals surface area (Å²) in [6, 6.07) is 23.8. The molecule has 1 aliphatic rings. The maximum absolute atomic E-state index is 5.06. The summed E-state index contributed by atoms with van der Waals surface area (Å²) in [6.45, 7) is 5.37. The molecule has 0 amide bonds. The molecule has 0 N–H and O–H groups in total. The van der Waals surface area contributed by atoms with Crippen LogP contribution in [0.25, 0.3) is 10.8 Å². The minimum atomic E-state index is 0.618. The van der Waals surface area contributed by atoms with Gasteiger partial charge in [-0.3, -0.25) is 0 Å². The van der Waals surface area contributed by atoms with E-state index in [2.05, 4.69) is 91.5 Å². The van der Waals surface area contributed by atoms with Crippen molar-refractivity contribution in [3.05, 3.63) is 77.9 Å². The van der Waals surface area contributed by atoms with Crippen LogP contribution in [0.15, 0.2) is 71.7 Å². The predicted molar refractivity (Wildman–Crippen MR) is 132 cm³/mol. The van der Waals surface area contributed by atoms with Gasteiger partial charge in [-0.05, 0) is 66.5 Å². The standard InChI is InChI=1S/C26H31N3S/c1-20(17-28(2)3)19-30-26(27-25-11-5-4-6-12-25)29-14-13-23-15-21-9-7-8-10-22(21)16-24(23)18-29/h4-12,15-16,20H,13-14,17-19H2,1-3H3.